The first kappa shape index (κ1) is 32.2. The summed E-state index contributed by atoms with van der Waals surface area (Å²) < 4.78 is 27.4. The topological polar surface area (TPSA) is 125 Å². The first-order valence-corrected chi connectivity index (χ1v) is 14.0. The predicted molar refractivity (Wildman–Crippen MR) is 156 cm³/mol. The van der Waals surface area contributed by atoms with E-state index in [1.165, 1.54) is 7.11 Å². The van der Waals surface area contributed by atoms with Crippen molar-refractivity contribution in [3.05, 3.63) is 59.7 Å². The van der Waals surface area contributed by atoms with Gasteiger partial charge in [-0.15, -0.1) is 15.0 Å². The Hall–Kier alpha value is -4.29. The lowest BCUT2D eigenvalue weighted by atomic mass is 10.2. The molecule has 0 fully saturated rings. The molecular weight excluding hydrogens is 542 g/mol. The van der Waals surface area contributed by atoms with Crippen molar-refractivity contribution in [2.24, 2.45) is 0 Å². The molecule has 1 aromatic heterocycles. The lowest BCUT2D eigenvalue weighted by molar-refractivity contribution is 0.0457. The maximum Gasteiger partial charge on any atom is 0.338 e. The third-order valence-corrected chi connectivity index (χ3v) is 6.42. The second kappa shape index (κ2) is 16.8. The molecule has 0 N–H and O–H groups in total. The summed E-state index contributed by atoms with van der Waals surface area (Å²) in [5.74, 6) is -0.0502. The summed E-state index contributed by atoms with van der Waals surface area (Å²) in [6.45, 7) is 13.8. The molecule has 12 heteroatoms. The van der Waals surface area contributed by atoms with E-state index < -0.39 is 11.9 Å². The van der Waals surface area contributed by atoms with Crippen molar-refractivity contribution in [2.75, 3.05) is 59.6 Å². The molecule has 0 spiro atoms. The van der Waals surface area contributed by atoms with Crippen LogP contribution in [0.15, 0.2) is 48.5 Å². The molecule has 0 amide bonds. The highest BCUT2D eigenvalue weighted by atomic mass is 16.5. The molecule has 12 nitrogen and oxygen atoms in total. The molecule has 3 rings (SSSR count). The van der Waals surface area contributed by atoms with Gasteiger partial charge in [0.1, 0.15) is 24.7 Å². The Bertz CT molecular complexity index is 1170. The third-order valence-electron chi connectivity index (χ3n) is 6.42. The van der Waals surface area contributed by atoms with Crippen LogP contribution < -0.4 is 14.2 Å². The zero-order valence-electron chi connectivity index (χ0n) is 24.9. The Balaban J connectivity index is 1.58. The molecule has 0 aliphatic heterocycles. The molecular formula is C30H39N5O7. The van der Waals surface area contributed by atoms with Crippen molar-refractivity contribution in [1.82, 2.24) is 24.8 Å². The van der Waals surface area contributed by atoms with Crippen molar-refractivity contribution in [3.63, 3.8) is 0 Å². The predicted octanol–water partition coefficient (Wildman–Crippen LogP) is 4.46. The Morgan fingerprint density at radius 3 is 1.29 bits per heavy atom. The van der Waals surface area contributed by atoms with Crippen LogP contribution in [-0.2, 0) is 9.47 Å². The van der Waals surface area contributed by atoms with Gasteiger partial charge in [-0.1, -0.05) is 27.7 Å². The monoisotopic (exact) mass is 581 g/mol. The van der Waals surface area contributed by atoms with E-state index in [-0.39, 0.29) is 18.0 Å². The maximum atomic E-state index is 12.4. The van der Waals surface area contributed by atoms with Crippen molar-refractivity contribution < 1.29 is 33.3 Å². The number of benzene rings is 2. The van der Waals surface area contributed by atoms with Crippen LogP contribution in [0.3, 0.4) is 0 Å². The highest BCUT2D eigenvalue weighted by Crippen LogP contribution is 2.25. The molecule has 42 heavy (non-hydrogen) atoms. The normalized spacial score (nSPS) is 10.9. The van der Waals surface area contributed by atoms with E-state index in [0.717, 1.165) is 26.2 Å². The number of carbonyl (C=O) groups excluding carboxylic acids is 2. The van der Waals surface area contributed by atoms with Gasteiger partial charge in [0.05, 0.1) is 18.2 Å². The Morgan fingerprint density at radius 1 is 0.595 bits per heavy atom. The lowest BCUT2D eigenvalue weighted by Gasteiger charge is -2.17. The van der Waals surface area contributed by atoms with Gasteiger partial charge >= 0.3 is 30.0 Å². The molecule has 0 aliphatic carbocycles. The van der Waals surface area contributed by atoms with E-state index in [9.17, 15) is 9.59 Å². The Kier molecular flexibility index (Phi) is 12.9. The van der Waals surface area contributed by atoms with Crippen LogP contribution in [0.1, 0.15) is 48.4 Å². The molecule has 0 bridgehead atoms. The quantitative estimate of drug-likeness (QED) is 0.209. The van der Waals surface area contributed by atoms with Gasteiger partial charge in [-0.2, -0.15) is 0 Å². The SMILES string of the molecule is CCN(CC)CCOC(=O)c1ccc(Oc2nc(OC)nc(Oc3ccc(C(=O)OCCN(CC)CC)cc3)n2)cc1. The molecule has 0 unspecified atom stereocenters. The van der Waals surface area contributed by atoms with Gasteiger partial charge in [0.15, 0.2) is 0 Å². The minimum atomic E-state index is -0.412. The summed E-state index contributed by atoms with van der Waals surface area (Å²) in [7, 11) is 1.41. The van der Waals surface area contributed by atoms with Crippen molar-refractivity contribution >= 4 is 11.9 Å². The number of rotatable bonds is 17. The van der Waals surface area contributed by atoms with E-state index in [1.54, 1.807) is 48.5 Å². The lowest BCUT2D eigenvalue weighted by Crippen LogP contribution is -2.27. The number of likely N-dealkylation sites (N-methyl/N-ethyl adjacent to an activating group) is 2. The zero-order chi connectivity index (χ0) is 30.3. The molecule has 1 heterocycles. The fourth-order valence-electron chi connectivity index (χ4n) is 3.81. The molecule has 0 aliphatic rings. The first-order valence-electron chi connectivity index (χ1n) is 14.0. The smallest absolute Gasteiger partial charge is 0.338 e. The second-order valence-electron chi connectivity index (χ2n) is 8.97. The van der Waals surface area contributed by atoms with Crippen molar-refractivity contribution in [1.29, 1.82) is 0 Å². The van der Waals surface area contributed by atoms with Crippen molar-refractivity contribution in [2.45, 2.75) is 27.7 Å². The summed E-state index contributed by atoms with van der Waals surface area (Å²) >= 11 is 0. The van der Waals surface area contributed by atoms with Crippen LogP contribution in [0.4, 0.5) is 0 Å². The Morgan fingerprint density at radius 2 is 0.952 bits per heavy atom. The zero-order valence-corrected chi connectivity index (χ0v) is 24.9. The van der Waals surface area contributed by atoms with Gasteiger partial charge in [0.25, 0.3) is 0 Å². The Labute approximate surface area is 246 Å². The second-order valence-corrected chi connectivity index (χ2v) is 8.97. The van der Waals surface area contributed by atoms with Gasteiger partial charge < -0.3 is 33.5 Å². The van der Waals surface area contributed by atoms with E-state index in [1.807, 2.05) is 0 Å². The van der Waals surface area contributed by atoms with Gasteiger partial charge in [-0.3, -0.25) is 0 Å². The number of nitrogens with zero attached hydrogens (tertiary/aromatic N) is 5. The molecule has 0 saturated heterocycles. The summed E-state index contributed by atoms with van der Waals surface area (Å²) in [6.07, 6.45) is 0. The average molecular weight is 582 g/mol. The number of esters is 2. The largest absolute Gasteiger partial charge is 0.467 e. The maximum absolute atomic E-state index is 12.4. The third kappa shape index (κ3) is 9.96. The van der Waals surface area contributed by atoms with Crippen LogP contribution in [0.25, 0.3) is 0 Å². The highest BCUT2D eigenvalue weighted by Gasteiger charge is 2.14. The molecule has 3 aromatic rings. The minimum absolute atomic E-state index is 0.0169. The summed E-state index contributed by atoms with van der Waals surface area (Å²) in [5, 5.41) is 0. The molecule has 0 radical (unpaired) electrons. The number of methoxy groups -OCH3 is 1. The van der Waals surface area contributed by atoms with Crippen LogP contribution in [0.2, 0.25) is 0 Å². The van der Waals surface area contributed by atoms with E-state index >= 15 is 0 Å². The van der Waals surface area contributed by atoms with Crippen LogP contribution in [-0.4, -0.2) is 96.3 Å². The first-order chi connectivity index (χ1) is 20.4. The average Bonchev–Trinajstić information content (AvgIpc) is 3.01. The molecule has 2 aromatic carbocycles. The van der Waals surface area contributed by atoms with Gasteiger partial charge in [0.2, 0.25) is 0 Å². The van der Waals surface area contributed by atoms with E-state index in [4.69, 9.17) is 23.7 Å². The summed E-state index contributed by atoms with van der Waals surface area (Å²) in [5.41, 5.74) is 0.797. The van der Waals surface area contributed by atoms with Crippen LogP contribution >= 0.6 is 0 Å². The highest BCUT2D eigenvalue weighted by molar-refractivity contribution is 5.90. The van der Waals surface area contributed by atoms with Gasteiger partial charge in [0, 0.05) is 13.1 Å². The molecule has 0 saturated carbocycles. The van der Waals surface area contributed by atoms with Crippen molar-refractivity contribution in [3.8, 4) is 29.5 Å². The number of carbonyl (C=O) groups is 2. The summed E-state index contributed by atoms with van der Waals surface area (Å²) in [6, 6.07) is 12.7. The number of aromatic nitrogens is 3. The number of hydrogen-bond donors (Lipinski definition) is 0. The van der Waals surface area contributed by atoms with Gasteiger partial charge in [-0.05, 0) is 74.7 Å². The number of hydrogen-bond acceptors (Lipinski definition) is 12. The van der Waals surface area contributed by atoms with Crippen LogP contribution in [0.5, 0.6) is 29.5 Å². The molecule has 226 valence electrons. The van der Waals surface area contributed by atoms with Crippen LogP contribution in [0, 0.1) is 0 Å². The van der Waals surface area contributed by atoms with E-state index in [0.29, 0.717) is 48.9 Å². The fraction of sp³-hybridized carbons (Fsp3) is 0.433. The minimum Gasteiger partial charge on any atom is -0.467 e. The van der Waals surface area contributed by atoms with E-state index in [2.05, 4.69) is 52.4 Å². The molecule has 0 atom stereocenters. The summed E-state index contributed by atoms with van der Waals surface area (Å²) in [4.78, 5) is 41.4. The standard InChI is InChI=1S/C30H39N5O7/c1-6-34(7-2)18-20-39-26(36)22-10-14-24(15-11-22)41-29-31-28(38-5)32-30(33-29)42-25-16-12-23(13-17-25)27(37)40-21-19-35(8-3)9-4/h10-17H,6-9,18-21H2,1-5H3. The fourth-order valence-corrected chi connectivity index (χ4v) is 3.81. The van der Waals surface area contributed by atoms with Gasteiger partial charge in [-0.25, -0.2) is 9.59 Å². The number of ether oxygens (including phenoxy) is 5.